The Morgan fingerprint density at radius 2 is 1.63 bits per heavy atom. The van der Waals surface area contributed by atoms with Crippen molar-refractivity contribution in [3.63, 3.8) is 0 Å². The minimum Gasteiger partial charge on any atom is -0.391 e. The summed E-state index contributed by atoms with van der Waals surface area (Å²) >= 11 is 0. The van der Waals surface area contributed by atoms with Crippen LogP contribution >= 0.6 is 0 Å². The van der Waals surface area contributed by atoms with Gasteiger partial charge in [0, 0.05) is 19.4 Å². The highest BCUT2D eigenvalue weighted by atomic mass is 28.4. The summed E-state index contributed by atoms with van der Waals surface area (Å²) in [5.41, 5.74) is 1.12. The third-order valence-corrected chi connectivity index (χ3v) is 6.64. The van der Waals surface area contributed by atoms with Gasteiger partial charge in [0.1, 0.15) is 0 Å². The van der Waals surface area contributed by atoms with Crippen LogP contribution in [0.25, 0.3) is 6.08 Å². The van der Waals surface area contributed by atoms with Crippen LogP contribution in [0.1, 0.15) is 19.4 Å². The summed E-state index contributed by atoms with van der Waals surface area (Å²) in [7, 11) is 1.73. The Bertz CT molecular complexity index is 384. The second kappa shape index (κ2) is 7.60. The third kappa shape index (κ3) is 4.28. The second-order valence-corrected chi connectivity index (χ2v) is 7.66. The van der Waals surface area contributed by atoms with Crippen molar-refractivity contribution >= 4 is 19.8 Å². The van der Waals surface area contributed by atoms with Gasteiger partial charge in [0.05, 0.1) is 0 Å². The van der Waals surface area contributed by atoms with Gasteiger partial charge in [-0.25, -0.2) is 0 Å². The predicted molar refractivity (Wildman–Crippen MR) is 83.7 cm³/mol. The fourth-order valence-electron chi connectivity index (χ4n) is 2.15. The van der Waals surface area contributed by atoms with E-state index in [0.717, 1.165) is 11.7 Å². The van der Waals surface area contributed by atoms with Crippen molar-refractivity contribution in [1.82, 2.24) is 4.90 Å². The van der Waals surface area contributed by atoms with E-state index < -0.39 is 8.56 Å². The maximum absolute atomic E-state index is 6.09. The Morgan fingerprint density at radius 3 is 2.00 bits per heavy atom. The largest absolute Gasteiger partial charge is 0.391 e. The van der Waals surface area contributed by atoms with Gasteiger partial charge in [-0.1, -0.05) is 36.9 Å². The number of nitrogens with zero attached hydrogens (tertiary/aromatic N) is 1. The molecule has 0 saturated heterocycles. The van der Waals surface area contributed by atoms with Gasteiger partial charge < -0.3 is 13.8 Å². The highest BCUT2D eigenvalue weighted by molar-refractivity contribution is 6.81. The molecule has 4 heteroatoms. The quantitative estimate of drug-likeness (QED) is 0.681. The molecule has 0 fully saturated rings. The molecule has 1 rings (SSSR count). The van der Waals surface area contributed by atoms with Crippen molar-refractivity contribution in [3.8, 4) is 0 Å². The standard InChI is InChI=1S/C15H25NO2Si/c1-6-14-9-11-15(12-10-14)19(17-7-2,18-8-3)13-16(4)5/h6,9-12H,1,7-8,13H2,2-5H3. The average Bonchev–Trinajstić information content (AvgIpc) is 2.38. The van der Waals surface area contributed by atoms with Crippen LogP contribution in [0.4, 0.5) is 0 Å². The van der Waals surface area contributed by atoms with Gasteiger partial charge in [0.15, 0.2) is 0 Å². The van der Waals surface area contributed by atoms with Crippen LogP contribution in [0.5, 0.6) is 0 Å². The molecule has 0 heterocycles. The van der Waals surface area contributed by atoms with Crippen molar-refractivity contribution < 1.29 is 8.85 Å². The zero-order valence-corrected chi connectivity index (χ0v) is 13.5. The summed E-state index contributed by atoms with van der Waals surface area (Å²) in [5, 5.41) is 1.18. The van der Waals surface area contributed by atoms with Gasteiger partial charge in [-0.2, -0.15) is 0 Å². The van der Waals surface area contributed by atoms with Crippen molar-refractivity contribution in [2.75, 3.05) is 33.5 Å². The molecule has 19 heavy (non-hydrogen) atoms. The Morgan fingerprint density at radius 1 is 1.11 bits per heavy atom. The maximum Gasteiger partial charge on any atom is 0.387 e. The average molecular weight is 279 g/mol. The lowest BCUT2D eigenvalue weighted by Gasteiger charge is -2.32. The summed E-state index contributed by atoms with van der Waals surface area (Å²) in [6, 6.07) is 8.35. The molecule has 1 aromatic rings. The second-order valence-electron chi connectivity index (χ2n) is 4.68. The van der Waals surface area contributed by atoms with Crippen LogP contribution in [-0.4, -0.2) is 46.9 Å². The first-order valence-electron chi connectivity index (χ1n) is 6.73. The van der Waals surface area contributed by atoms with Crippen LogP contribution in [0, 0.1) is 0 Å². The molecule has 0 amide bonds. The minimum absolute atomic E-state index is 0.670. The van der Waals surface area contributed by atoms with Gasteiger partial charge in [-0.3, -0.25) is 0 Å². The van der Waals surface area contributed by atoms with Gasteiger partial charge in [-0.05, 0) is 38.7 Å². The summed E-state index contributed by atoms with van der Waals surface area (Å²) in [6.45, 7) is 9.17. The lowest BCUT2D eigenvalue weighted by molar-refractivity contribution is 0.183. The van der Waals surface area contributed by atoms with E-state index in [1.165, 1.54) is 5.19 Å². The summed E-state index contributed by atoms with van der Waals surface area (Å²) in [4.78, 5) is 2.14. The number of benzene rings is 1. The van der Waals surface area contributed by atoms with Crippen molar-refractivity contribution in [3.05, 3.63) is 36.4 Å². The number of hydrogen-bond donors (Lipinski definition) is 0. The summed E-state index contributed by atoms with van der Waals surface area (Å²) < 4.78 is 12.2. The maximum atomic E-state index is 6.09. The summed E-state index contributed by atoms with van der Waals surface area (Å²) in [5.74, 6) is 0. The van der Waals surface area contributed by atoms with Crippen LogP contribution in [0.2, 0.25) is 0 Å². The lowest BCUT2D eigenvalue weighted by atomic mass is 10.2. The highest BCUT2D eigenvalue weighted by Crippen LogP contribution is 2.11. The van der Waals surface area contributed by atoms with Crippen LogP contribution < -0.4 is 5.19 Å². The van der Waals surface area contributed by atoms with Crippen molar-refractivity contribution in [1.29, 1.82) is 0 Å². The van der Waals surface area contributed by atoms with Crippen LogP contribution in [-0.2, 0) is 8.85 Å². The molecule has 0 unspecified atom stereocenters. The molecule has 0 aliphatic carbocycles. The van der Waals surface area contributed by atoms with Gasteiger partial charge in [0.25, 0.3) is 0 Å². The fraction of sp³-hybridized carbons (Fsp3) is 0.467. The van der Waals surface area contributed by atoms with E-state index in [2.05, 4.69) is 49.8 Å². The van der Waals surface area contributed by atoms with E-state index in [0.29, 0.717) is 13.2 Å². The Labute approximate surface area is 118 Å². The molecule has 0 saturated carbocycles. The van der Waals surface area contributed by atoms with E-state index in [1.54, 1.807) is 0 Å². The topological polar surface area (TPSA) is 21.7 Å². The lowest BCUT2D eigenvalue weighted by Crippen LogP contribution is -2.60. The van der Waals surface area contributed by atoms with Crippen molar-refractivity contribution in [2.24, 2.45) is 0 Å². The molecule has 0 aliphatic heterocycles. The molecule has 0 aliphatic rings. The Kier molecular flexibility index (Phi) is 6.44. The molecule has 0 N–H and O–H groups in total. The van der Waals surface area contributed by atoms with E-state index >= 15 is 0 Å². The molecule has 106 valence electrons. The first kappa shape index (κ1) is 16.1. The first-order chi connectivity index (χ1) is 9.07. The van der Waals surface area contributed by atoms with Crippen LogP contribution in [0.15, 0.2) is 30.8 Å². The smallest absolute Gasteiger partial charge is 0.387 e. The molecule has 0 atom stereocenters. The molecule has 0 bridgehead atoms. The molecular weight excluding hydrogens is 254 g/mol. The van der Waals surface area contributed by atoms with E-state index in [1.807, 2.05) is 19.9 Å². The fourth-order valence-corrected chi connectivity index (χ4v) is 5.37. The molecule has 0 aromatic heterocycles. The first-order valence-corrected chi connectivity index (χ1v) is 8.76. The minimum atomic E-state index is -2.38. The van der Waals surface area contributed by atoms with Crippen molar-refractivity contribution in [2.45, 2.75) is 13.8 Å². The number of hydrogen-bond acceptors (Lipinski definition) is 3. The molecule has 0 radical (unpaired) electrons. The third-order valence-electron chi connectivity index (χ3n) is 2.87. The van der Waals surface area contributed by atoms with Crippen LogP contribution in [0.3, 0.4) is 0 Å². The molecule has 3 nitrogen and oxygen atoms in total. The molecular formula is C15H25NO2Si. The molecule has 0 spiro atoms. The Balaban J connectivity index is 3.13. The summed E-state index contributed by atoms with van der Waals surface area (Å²) in [6.07, 6.45) is 2.67. The van der Waals surface area contributed by atoms with Gasteiger partial charge in [-0.15, -0.1) is 0 Å². The van der Waals surface area contributed by atoms with E-state index in [9.17, 15) is 0 Å². The SMILES string of the molecule is C=Cc1ccc([Si](CN(C)C)(OCC)OCC)cc1. The number of rotatable bonds is 8. The molecule has 1 aromatic carbocycles. The van der Waals surface area contributed by atoms with Gasteiger partial charge in [0.2, 0.25) is 0 Å². The predicted octanol–water partition coefficient (Wildman–Crippen LogP) is 2.15. The zero-order valence-electron chi connectivity index (χ0n) is 12.5. The van der Waals surface area contributed by atoms with E-state index in [-0.39, 0.29) is 0 Å². The van der Waals surface area contributed by atoms with Gasteiger partial charge >= 0.3 is 8.56 Å². The normalized spacial score (nSPS) is 11.8. The highest BCUT2D eigenvalue weighted by Gasteiger charge is 2.40. The van der Waals surface area contributed by atoms with E-state index in [4.69, 9.17) is 8.85 Å². The Hall–Kier alpha value is -0.943. The zero-order chi connectivity index (χ0) is 14.3. The monoisotopic (exact) mass is 279 g/mol.